The Morgan fingerprint density at radius 3 is 2.79 bits per heavy atom. The molecule has 2 aliphatic rings. The van der Waals surface area contributed by atoms with Crippen LogP contribution in [0.3, 0.4) is 0 Å². The summed E-state index contributed by atoms with van der Waals surface area (Å²) < 4.78 is 5.33. The van der Waals surface area contributed by atoms with Crippen molar-refractivity contribution in [2.75, 3.05) is 13.1 Å². The SMILES string of the molecule is CC(C)(C)OC(=O)N1CC[C@@H]1C(=O)NC[C@@H]1C[C@H]1c1cccnc1. The first kappa shape index (κ1) is 16.7. The highest BCUT2D eigenvalue weighted by Crippen LogP contribution is 2.46. The molecule has 1 saturated carbocycles. The van der Waals surface area contributed by atoms with Crippen molar-refractivity contribution in [1.29, 1.82) is 0 Å². The van der Waals surface area contributed by atoms with Gasteiger partial charge in [-0.3, -0.25) is 14.7 Å². The van der Waals surface area contributed by atoms with Crippen LogP contribution in [0.1, 0.15) is 45.1 Å². The third-order valence-corrected chi connectivity index (χ3v) is 4.52. The van der Waals surface area contributed by atoms with Gasteiger partial charge >= 0.3 is 6.09 Å². The lowest BCUT2D eigenvalue weighted by Crippen LogP contribution is -2.59. The van der Waals surface area contributed by atoms with Gasteiger partial charge in [0.05, 0.1) is 0 Å². The maximum absolute atomic E-state index is 12.3. The van der Waals surface area contributed by atoms with E-state index in [-0.39, 0.29) is 5.91 Å². The number of hydrogen-bond donors (Lipinski definition) is 1. The molecule has 130 valence electrons. The highest BCUT2D eigenvalue weighted by Gasteiger charge is 2.42. The van der Waals surface area contributed by atoms with Crippen molar-refractivity contribution in [3.05, 3.63) is 30.1 Å². The molecule has 1 N–H and O–H groups in total. The first-order valence-electron chi connectivity index (χ1n) is 8.52. The zero-order valence-electron chi connectivity index (χ0n) is 14.5. The van der Waals surface area contributed by atoms with E-state index < -0.39 is 17.7 Å². The quantitative estimate of drug-likeness (QED) is 0.919. The predicted octanol–water partition coefficient (Wildman–Crippen LogP) is 2.31. The maximum Gasteiger partial charge on any atom is 0.410 e. The number of likely N-dealkylation sites (tertiary alicyclic amines) is 1. The molecule has 0 bridgehead atoms. The second-order valence-corrected chi connectivity index (χ2v) is 7.61. The van der Waals surface area contributed by atoms with E-state index in [1.807, 2.05) is 33.0 Å². The summed E-state index contributed by atoms with van der Waals surface area (Å²) in [6.07, 6.45) is 5.02. The summed E-state index contributed by atoms with van der Waals surface area (Å²) in [6, 6.07) is 3.63. The van der Waals surface area contributed by atoms with Crippen LogP contribution in [0.4, 0.5) is 4.79 Å². The normalized spacial score (nSPS) is 25.6. The number of hydrogen-bond acceptors (Lipinski definition) is 4. The third kappa shape index (κ3) is 3.86. The molecule has 2 amide bonds. The highest BCUT2D eigenvalue weighted by atomic mass is 16.6. The van der Waals surface area contributed by atoms with Crippen molar-refractivity contribution in [2.24, 2.45) is 5.92 Å². The van der Waals surface area contributed by atoms with Crippen LogP contribution in [0.15, 0.2) is 24.5 Å². The molecule has 0 spiro atoms. The molecule has 6 nitrogen and oxygen atoms in total. The van der Waals surface area contributed by atoms with Crippen LogP contribution < -0.4 is 5.32 Å². The second-order valence-electron chi connectivity index (χ2n) is 7.61. The zero-order valence-corrected chi connectivity index (χ0v) is 14.5. The molecule has 3 rings (SSSR count). The Kier molecular flexibility index (Phi) is 4.47. The fraction of sp³-hybridized carbons (Fsp3) is 0.611. The van der Waals surface area contributed by atoms with Crippen LogP contribution in [0.25, 0.3) is 0 Å². The first-order valence-corrected chi connectivity index (χ1v) is 8.52. The van der Waals surface area contributed by atoms with Gasteiger partial charge in [0.15, 0.2) is 0 Å². The Balaban J connectivity index is 1.44. The van der Waals surface area contributed by atoms with Gasteiger partial charge in [0.25, 0.3) is 0 Å². The molecule has 0 aromatic carbocycles. The smallest absolute Gasteiger partial charge is 0.410 e. The van der Waals surface area contributed by atoms with Gasteiger partial charge in [-0.1, -0.05) is 6.07 Å². The highest BCUT2D eigenvalue weighted by molar-refractivity contribution is 5.87. The Hall–Kier alpha value is -2.11. The van der Waals surface area contributed by atoms with Crippen LogP contribution in [0.5, 0.6) is 0 Å². The Labute approximate surface area is 142 Å². The summed E-state index contributed by atoms with van der Waals surface area (Å²) >= 11 is 0. The van der Waals surface area contributed by atoms with Gasteiger partial charge in [-0.2, -0.15) is 0 Å². The molecule has 2 heterocycles. The summed E-state index contributed by atoms with van der Waals surface area (Å²) in [5, 5.41) is 2.99. The van der Waals surface area contributed by atoms with Crippen molar-refractivity contribution in [2.45, 2.75) is 51.2 Å². The Bertz CT molecular complexity index is 612. The van der Waals surface area contributed by atoms with Gasteiger partial charge in [0, 0.05) is 25.5 Å². The molecular weight excluding hydrogens is 306 g/mol. The minimum absolute atomic E-state index is 0.0797. The van der Waals surface area contributed by atoms with Gasteiger partial charge in [-0.25, -0.2) is 4.79 Å². The maximum atomic E-state index is 12.3. The van der Waals surface area contributed by atoms with Gasteiger partial charge in [0.1, 0.15) is 11.6 Å². The first-order chi connectivity index (χ1) is 11.3. The molecule has 1 aliphatic heterocycles. The average Bonchev–Trinajstić information content (AvgIpc) is 3.22. The minimum atomic E-state index is -0.543. The van der Waals surface area contributed by atoms with E-state index in [0.717, 1.165) is 6.42 Å². The number of nitrogens with one attached hydrogen (secondary N) is 1. The van der Waals surface area contributed by atoms with E-state index >= 15 is 0 Å². The summed E-state index contributed by atoms with van der Waals surface area (Å²) in [4.78, 5) is 30.0. The topological polar surface area (TPSA) is 71.5 Å². The van der Waals surface area contributed by atoms with Crippen molar-refractivity contribution in [1.82, 2.24) is 15.2 Å². The molecule has 24 heavy (non-hydrogen) atoms. The summed E-state index contributed by atoms with van der Waals surface area (Å²) in [5.41, 5.74) is 0.689. The number of carbonyl (C=O) groups is 2. The zero-order chi connectivity index (χ0) is 17.3. The molecule has 3 atom stereocenters. The van der Waals surface area contributed by atoms with Gasteiger partial charge in [0.2, 0.25) is 5.91 Å². The fourth-order valence-electron chi connectivity index (χ4n) is 3.03. The standard InChI is InChI=1S/C18H25N3O3/c1-18(2,3)24-17(23)21-8-6-15(21)16(22)20-11-13-9-14(13)12-5-4-7-19-10-12/h4-5,7,10,13-15H,6,8-9,11H2,1-3H3,(H,20,22)/t13-,14-,15+/m0/s1. The fourth-order valence-corrected chi connectivity index (χ4v) is 3.03. The molecule has 1 saturated heterocycles. The van der Waals surface area contributed by atoms with Gasteiger partial charge < -0.3 is 10.1 Å². The van der Waals surface area contributed by atoms with E-state index in [9.17, 15) is 9.59 Å². The van der Waals surface area contributed by atoms with E-state index in [4.69, 9.17) is 4.74 Å². The molecule has 1 aliphatic carbocycles. The van der Waals surface area contributed by atoms with Crippen LogP contribution >= 0.6 is 0 Å². The van der Waals surface area contributed by atoms with Crippen molar-refractivity contribution >= 4 is 12.0 Å². The van der Waals surface area contributed by atoms with Gasteiger partial charge in [-0.15, -0.1) is 0 Å². The Morgan fingerprint density at radius 2 is 2.21 bits per heavy atom. The van der Waals surface area contributed by atoms with Crippen molar-refractivity contribution < 1.29 is 14.3 Å². The summed E-state index contributed by atoms with van der Waals surface area (Å²) in [5.74, 6) is 0.875. The molecule has 1 aromatic heterocycles. The second kappa shape index (κ2) is 6.42. The number of rotatable bonds is 4. The number of amides is 2. The van der Waals surface area contributed by atoms with E-state index in [1.54, 1.807) is 6.20 Å². The molecule has 2 fully saturated rings. The third-order valence-electron chi connectivity index (χ3n) is 4.52. The van der Waals surface area contributed by atoms with E-state index in [2.05, 4.69) is 16.4 Å². The van der Waals surface area contributed by atoms with Crippen LogP contribution in [-0.4, -0.2) is 46.6 Å². The van der Waals surface area contributed by atoms with Crippen LogP contribution in [0, 0.1) is 5.92 Å². The molecule has 1 aromatic rings. The lowest BCUT2D eigenvalue weighted by Gasteiger charge is -2.40. The number of ether oxygens (including phenoxy) is 1. The van der Waals surface area contributed by atoms with Crippen molar-refractivity contribution in [3.8, 4) is 0 Å². The lowest BCUT2D eigenvalue weighted by atomic mass is 10.0. The average molecular weight is 331 g/mol. The molecular formula is C18H25N3O3. The number of aromatic nitrogens is 1. The largest absolute Gasteiger partial charge is 0.444 e. The number of pyridine rings is 1. The minimum Gasteiger partial charge on any atom is -0.444 e. The Morgan fingerprint density at radius 1 is 1.42 bits per heavy atom. The van der Waals surface area contributed by atoms with Crippen LogP contribution in [-0.2, 0) is 9.53 Å². The summed E-state index contributed by atoms with van der Waals surface area (Å²) in [7, 11) is 0. The van der Waals surface area contributed by atoms with Gasteiger partial charge in [-0.05, 0) is 57.1 Å². The molecule has 0 radical (unpaired) electrons. The van der Waals surface area contributed by atoms with E-state index in [1.165, 1.54) is 10.5 Å². The predicted molar refractivity (Wildman–Crippen MR) is 89.4 cm³/mol. The number of carbonyl (C=O) groups excluding carboxylic acids is 2. The monoisotopic (exact) mass is 331 g/mol. The lowest BCUT2D eigenvalue weighted by molar-refractivity contribution is -0.130. The summed E-state index contributed by atoms with van der Waals surface area (Å²) in [6.45, 7) is 6.70. The number of nitrogens with zero attached hydrogens (tertiary/aromatic N) is 2. The van der Waals surface area contributed by atoms with Crippen molar-refractivity contribution in [3.63, 3.8) is 0 Å². The van der Waals surface area contributed by atoms with E-state index in [0.29, 0.717) is 31.3 Å². The molecule has 0 unspecified atom stereocenters. The van der Waals surface area contributed by atoms with Crippen LogP contribution in [0.2, 0.25) is 0 Å². The molecule has 6 heteroatoms.